The molecule has 0 aliphatic carbocycles. The summed E-state index contributed by atoms with van der Waals surface area (Å²) >= 11 is 15.3. The number of carbonyl (C=O) groups is 2. The number of hydrogen-bond acceptors (Lipinski definition) is 7. The molecule has 2 N–H and O–H groups in total. The fourth-order valence-corrected chi connectivity index (χ4v) is 5.03. The molecule has 0 heterocycles. The summed E-state index contributed by atoms with van der Waals surface area (Å²) in [6.07, 6.45) is 1.28. The lowest BCUT2D eigenvalue weighted by atomic mass is 10.1. The molecule has 0 aliphatic rings. The summed E-state index contributed by atoms with van der Waals surface area (Å²) in [6.45, 7) is 1.33. The Balaban J connectivity index is 1.89. The van der Waals surface area contributed by atoms with Crippen molar-refractivity contribution in [3.05, 3.63) is 80.3 Å². The quantitative estimate of drug-likeness (QED) is 0.175. The summed E-state index contributed by atoms with van der Waals surface area (Å²) in [5.74, 6) is -1.17. The highest BCUT2D eigenvalue weighted by Gasteiger charge is 2.22. The number of nitriles is 1. The van der Waals surface area contributed by atoms with Crippen molar-refractivity contribution in [1.29, 1.82) is 5.26 Å². The maximum Gasteiger partial charge on any atom is 0.339 e. The Morgan fingerprint density at radius 1 is 1.08 bits per heavy atom. The van der Waals surface area contributed by atoms with E-state index < -0.39 is 16.0 Å². The Morgan fingerprint density at radius 3 is 2.37 bits per heavy atom. The van der Waals surface area contributed by atoms with E-state index in [-0.39, 0.29) is 48.1 Å². The number of nitrogens with one attached hydrogen (secondary N) is 2. The molecule has 0 saturated carbocycles. The van der Waals surface area contributed by atoms with Gasteiger partial charge in [0, 0.05) is 12.6 Å². The van der Waals surface area contributed by atoms with Crippen LogP contribution in [0.25, 0.3) is 6.08 Å². The number of carbonyl (C=O) groups excluding carboxylic acids is 2. The molecule has 0 bridgehead atoms. The maximum atomic E-state index is 12.9. The molecule has 0 unspecified atom stereocenters. The molecule has 0 fully saturated rings. The summed E-state index contributed by atoms with van der Waals surface area (Å²) in [4.78, 5) is 23.7. The molecule has 9 nitrogen and oxygen atoms in total. The number of benzene rings is 3. The lowest BCUT2D eigenvalue weighted by Gasteiger charge is -2.14. The minimum Gasteiger partial charge on any atom is -0.493 e. The van der Waals surface area contributed by atoms with Crippen LogP contribution in [0.1, 0.15) is 12.5 Å². The van der Waals surface area contributed by atoms with Crippen LogP contribution in [0.15, 0.2) is 69.5 Å². The second kappa shape index (κ2) is 12.3. The van der Waals surface area contributed by atoms with Gasteiger partial charge < -0.3 is 19.6 Å². The van der Waals surface area contributed by atoms with Crippen LogP contribution in [0, 0.1) is 11.3 Å². The van der Waals surface area contributed by atoms with Gasteiger partial charge >= 0.3 is 10.1 Å². The third-order valence-corrected chi connectivity index (χ3v) is 7.43. The van der Waals surface area contributed by atoms with Gasteiger partial charge in [-0.3, -0.25) is 9.59 Å². The van der Waals surface area contributed by atoms with Gasteiger partial charge in [-0.15, -0.1) is 0 Å². The number of nitrogens with zero attached hydrogens (tertiary/aromatic N) is 1. The Labute approximate surface area is 237 Å². The predicted molar refractivity (Wildman–Crippen MR) is 148 cm³/mol. The van der Waals surface area contributed by atoms with Gasteiger partial charge in [-0.2, -0.15) is 13.7 Å². The summed E-state index contributed by atoms with van der Waals surface area (Å²) < 4.78 is 36.5. The number of halogens is 3. The van der Waals surface area contributed by atoms with E-state index in [9.17, 15) is 23.3 Å². The number of anilines is 2. The van der Waals surface area contributed by atoms with Crippen molar-refractivity contribution < 1.29 is 26.9 Å². The molecule has 0 spiro atoms. The first kappa shape index (κ1) is 29.0. The van der Waals surface area contributed by atoms with Crippen molar-refractivity contribution in [2.75, 3.05) is 17.7 Å². The number of amides is 2. The molecule has 13 heteroatoms. The number of methoxy groups -OCH3 is 1. The smallest absolute Gasteiger partial charge is 0.339 e. The molecule has 0 radical (unpaired) electrons. The zero-order valence-corrected chi connectivity index (χ0v) is 23.6. The highest BCUT2D eigenvalue weighted by Crippen LogP contribution is 2.39. The van der Waals surface area contributed by atoms with E-state index in [1.807, 2.05) is 6.07 Å². The van der Waals surface area contributed by atoms with Gasteiger partial charge in [-0.25, -0.2) is 0 Å². The van der Waals surface area contributed by atoms with E-state index in [1.54, 1.807) is 12.1 Å². The van der Waals surface area contributed by atoms with Gasteiger partial charge in [0.15, 0.2) is 11.5 Å². The molecule has 0 atom stereocenters. The summed E-state index contributed by atoms with van der Waals surface area (Å²) in [5.41, 5.74) is 0.710. The van der Waals surface area contributed by atoms with Crippen molar-refractivity contribution in [1.82, 2.24) is 0 Å². The minimum atomic E-state index is -4.29. The van der Waals surface area contributed by atoms with E-state index in [2.05, 4.69) is 26.6 Å². The van der Waals surface area contributed by atoms with E-state index in [4.69, 9.17) is 32.1 Å². The molecular weight excluding hydrogens is 621 g/mol. The lowest BCUT2D eigenvalue weighted by Crippen LogP contribution is -2.14. The van der Waals surface area contributed by atoms with Crippen LogP contribution in [0.5, 0.6) is 11.5 Å². The SMILES string of the molecule is COc1cc(/C=C(\C#N)C(=O)Nc2cccc(Cl)c2Cl)cc(Br)c1OS(=O)(=O)c1ccc(NC(C)=O)cc1. The number of rotatable bonds is 8. The van der Waals surface area contributed by atoms with Crippen molar-refractivity contribution >= 4 is 78.5 Å². The summed E-state index contributed by atoms with van der Waals surface area (Å²) in [7, 11) is -2.99. The van der Waals surface area contributed by atoms with Gasteiger partial charge in [0.25, 0.3) is 5.91 Å². The highest BCUT2D eigenvalue weighted by atomic mass is 79.9. The van der Waals surface area contributed by atoms with Crippen LogP contribution in [-0.2, 0) is 19.7 Å². The van der Waals surface area contributed by atoms with Crippen LogP contribution >= 0.6 is 39.1 Å². The molecule has 38 heavy (non-hydrogen) atoms. The zero-order chi connectivity index (χ0) is 28.0. The standard InChI is InChI=1S/C25H18BrCl2N3O6S/c1-14(32)30-17-6-8-18(9-7-17)38(34,35)37-24-19(26)11-15(12-22(24)36-2)10-16(13-29)25(33)31-21-5-3-4-20(27)23(21)28/h3-12H,1-2H3,(H,30,32)(H,31,33)/b16-10+. The number of ether oxygens (including phenoxy) is 1. The highest BCUT2D eigenvalue weighted by molar-refractivity contribution is 9.10. The minimum absolute atomic E-state index is 0.0136. The van der Waals surface area contributed by atoms with Crippen molar-refractivity contribution in [2.45, 2.75) is 11.8 Å². The Morgan fingerprint density at radius 2 is 1.76 bits per heavy atom. The second-order valence-corrected chi connectivity index (χ2v) is 10.7. The summed E-state index contributed by atoms with van der Waals surface area (Å²) in [5, 5.41) is 15.0. The second-order valence-electron chi connectivity index (χ2n) is 7.50. The molecule has 0 aromatic heterocycles. The normalized spacial score (nSPS) is 11.3. The summed E-state index contributed by atoms with van der Waals surface area (Å²) in [6, 6.07) is 14.7. The third-order valence-electron chi connectivity index (χ3n) is 4.78. The topological polar surface area (TPSA) is 135 Å². The fourth-order valence-electron chi connectivity index (χ4n) is 3.08. The molecule has 3 aromatic carbocycles. The average molecular weight is 639 g/mol. The van der Waals surface area contributed by atoms with Gasteiger partial charge in [-0.05, 0) is 76.1 Å². The monoisotopic (exact) mass is 637 g/mol. The van der Waals surface area contributed by atoms with E-state index in [1.165, 1.54) is 62.6 Å². The average Bonchev–Trinajstić information content (AvgIpc) is 2.86. The fraction of sp³-hybridized carbons (Fsp3) is 0.0800. The Bertz CT molecular complexity index is 1590. The van der Waals surface area contributed by atoms with Gasteiger partial charge in [-0.1, -0.05) is 29.3 Å². The molecule has 196 valence electrons. The van der Waals surface area contributed by atoms with Crippen LogP contribution in [0.3, 0.4) is 0 Å². The lowest BCUT2D eigenvalue weighted by molar-refractivity contribution is -0.114. The van der Waals surface area contributed by atoms with E-state index in [0.717, 1.165) is 0 Å². The molecule has 3 rings (SSSR count). The van der Waals surface area contributed by atoms with Crippen molar-refractivity contribution in [3.63, 3.8) is 0 Å². The van der Waals surface area contributed by atoms with Gasteiger partial charge in [0.05, 0.1) is 27.3 Å². The molecule has 0 saturated heterocycles. The van der Waals surface area contributed by atoms with Crippen LogP contribution in [0.4, 0.5) is 11.4 Å². The molecular formula is C25H18BrCl2N3O6S. The van der Waals surface area contributed by atoms with Crippen molar-refractivity contribution in [3.8, 4) is 17.6 Å². The first-order valence-electron chi connectivity index (χ1n) is 10.5. The number of hydrogen-bond donors (Lipinski definition) is 2. The van der Waals surface area contributed by atoms with Gasteiger partial charge in [0.2, 0.25) is 5.91 Å². The maximum absolute atomic E-state index is 12.9. The van der Waals surface area contributed by atoms with Crippen LogP contribution in [-0.4, -0.2) is 27.3 Å². The molecule has 3 aromatic rings. The first-order valence-corrected chi connectivity index (χ1v) is 13.5. The van der Waals surface area contributed by atoms with E-state index in [0.29, 0.717) is 11.3 Å². The van der Waals surface area contributed by atoms with E-state index >= 15 is 0 Å². The van der Waals surface area contributed by atoms with Crippen LogP contribution < -0.4 is 19.6 Å². The van der Waals surface area contributed by atoms with Crippen molar-refractivity contribution in [2.24, 2.45) is 0 Å². The molecule has 0 aliphatic heterocycles. The molecule has 2 amide bonds. The van der Waals surface area contributed by atoms with Gasteiger partial charge in [0.1, 0.15) is 16.5 Å². The Kier molecular flexibility index (Phi) is 9.40. The largest absolute Gasteiger partial charge is 0.493 e. The third kappa shape index (κ3) is 7.05. The zero-order valence-electron chi connectivity index (χ0n) is 19.7. The van der Waals surface area contributed by atoms with Crippen LogP contribution in [0.2, 0.25) is 10.0 Å². The predicted octanol–water partition coefficient (Wildman–Crippen LogP) is 6.04. The Hall–Kier alpha value is -3.56. The first-order chi connectivity index (χ1) is 17.9.